The minimum absolute atomic E-state index is 0.155. The van der Waals surface area contributed by atoms with Crippen LogP contribution in [0.2, 0.25) is 0 Å². The van der Waals surface area contributed by atoms with Gasteiger partial charge in [0.15, 0.2) is 11.5 Å². The molecule has 0 fully saturated rings. The summed E-state index contributed by atoms with van der Waals surface area (Å²) in [5.41, 5.74) is 1.32. The van der Waals surface area contributed by atoms with Gasteiger partial charge in [-0.3, -0.25) is 9.69 Å². The highest BCUT2D eigenvalue weighted by Crippen LogP contribution is 2.32. The SMILES string of the molecule is CCOC(=O)c1cc(CC)sc1NC(=O)CN(C)Cc1cccc(OC)c1OC. The van der Waals surface area contributed by atoms with E-state index in [4.69, 9.17) is 14.2 Å². The second kappa shape index (κ2) is 10.8. The largest absolute Gasteiger partial charge is 0.493 e. The molecule has 1 amide bonds. The molecule has 2 rings (SSSR count). The lowest BCUT2D eigenvalue weighted by molar-refractivity contribution is -0.117. The van der Waals surface area contributed by atoms with Crippen molar-refractivity contribution in [2.24, 2.45) is 0 Å². The van der Waals surface area contributed by atoms with Crippen molar-refractivity contribution in [3.05, 3.63) is 40.3 Å². The van der Waals surface area contributed by atoms with E-state index in [1.54, 1.807) is 27.2 Å². The van der Waals surface area contributed by atoms with Gasteiger partial charge in [-0.15, -0.1) is 11.3 Å². The van der Waals surface area contributed by atoms with Gasteiger partial charge in [-0.05, 0) is 32.5 Å². The molecule has 29 heavy (non-hydrogen) atoms. The Morgan fingerprint density at radius 1 is 1.17 bits per heavy atom. The van der Waals surface area contributed by atoms with Gasteiger partial charge in [-0.1, -0.05) is 19.1 Å². The number of aryl methyl sites for hydroxylation is 1. The van der Waals surface area contributed by atoms with Crippen LogP contribution in [-0.2, 0) is 22.5 Å². The fourth-order valence-corrected chi connectivity index (χ4v) is 3.91. The third kappa shape index (κ3) is 5.95. The van der Waals surface area contributed by atoms with E-state index in [1.165, 1.54) is 11.3 Å². The number of thiophene rings is 1. The van der Waals surface area contributed by atoms with Gasteiger partial charge in [0.1, 0.15) is 5.00 Å². The quantitative estimate of drug-likeness (QED) is 0.592. The van der Waals surface area contributed by atoms with Crippen LogP contribution in [0.15, 0.2) is 24.3 Å². The number of nitrogens with zero attached hydrogens (tertiary/aromatic N) is 1. The predicted molar refractivity (Wildman–Crippen MR) is 114 cm³/mol. The molecule has 2 aromatic rings. The Balaban J connectivity index is 2.06. The maximum absolute atomic E-state index is 12.6. The molecule has 0 spiro atoms. The Bertz CT molecular complexity index is 850. The number of esters is 1. The fraction of sp³-hybridized carbons (Fsp3) is 0.429. The second-order valence-electron chi connectivity index (χ2n) is 6.40. The van der Waals surface area contributed by atoms with Crippen LogP contribution < -0.4 is 14.8 Å². The van der Waals surface area contributed by atoms with Gasteiger partial charge < -0.3 is 19.5 Å². The van der Waals surface area contributed by atoms with Crippen molar-refractivity contribution in [2.45, 2.75) is 26.8 Å². The normalized spacial score (nSPS) is 10.7. The zero-order chi connectivity index (χ0) is 21.4. The van der Waals surface area contributed by atoms with Crippen LogP contribution in [-0.4, -0.2) is 51.2 Å². The summed E-state index contributed by atoms with van der Waals surface area (Å²) in [5, 5.41) is 3.38. The van der Waals surface area contributed by atoms with Gasteiger partial charge >= 0.3 is 5.97 Å². The number of para-hydroxylation sites is 1. The summed E-state index contributed by atoms with van der Waals surface area (Å²) in [4.78, 5) is 27.6. The molecule has 158 valence electrons. The number of ether oxygens (including phenoxy) is 3. The van der Waals surface area contributed by atoms with Crippen LogP contribution in [0, 0.1) is 0 Å². The minimum atomic E-state index is -0.423. The minimum Gasteiger partial charge on any atom is -0.493 e. The summed E-state index contributed by atoms with van der Waals surface area (Å²) in [6, 6.07) is 7.42. The average molecular weight is 421 g/mol. The van der Waals surface area contributed by atoms with E-state index in [1.807, 2.05) is 37.1 Å². The van der Waals surface area contributed by atoms with Crippen molar-refractivity contribution in [3.8, 4) is 11.5 Å². The summed E-state index contributed by atoms with van der Waals surface area (Å²) in [6.45, 7) is 4.70. The van der Waals surface area contributed by atoms with Crippen molar-refractivity contribution < 1.29 is 23.8 Å². The molecule has 0 saturated heterocycles. The van der Waals surface area contributed by atoms with E-state index < -0.39 is 5.97 Å². The Kier molecular flexibility index (Phi) is 8.48. The van der Waals surface area contributed by atoms with Crippen molar-refractivity contribution in [2.75, 3.05) is 39.7 Å². The molecule has 0 saturated carbocycles. The Morgan fingerprint density at radius 3 is 2.55 bits per heavy atom. The number of nitrogens with one attached hydrogen (secondary N) is 1. The van der Waals surface area contributed by atoms with Gasteiger partial charge in [-0.2, -0.15) is 0 Å². The summed E-state index contributed by atoms with van der Waals surface area (Å²) < 4.78 is 15.9. The lowest BCUT2D eigenvalue weighted by atomic mass is 10.1. The fourth-order valence-electron chi connectivity index (χ4n) is 2.91. The standard InChI is InChI=1S/C21H28N2O5S/c1-6-15-11-16(21(25)28-7-2)20(29-15)22-18(24)13-23(3)12-14-9-8-10-17(26-4)19(14)27-5/h8-11H,6-7,12-13H2,1-5H3,(H,22,24). The van der Waals surface area contributed by atoms with Gasteiger partial charge in [-0.25, -0.2) is 4.79 Å². The Morgan fingerprint density at radius 2 is 1.93 bits per heavy atom. The number of amides is 1. The third-order valence-electron chi connectivity index (χ3n) is 4.22. The molecule has 0 aliphatic carbocycles. The van der Waals surface area contributed by atoms with Crippen LogP contribution in [0.1, 0.15) is 34.6 Å². The van der Waals surface area contributed by atoms with Gasteiger partial charge in [0.25, 0.3) is 0 Å². The van der Waals surface area contributed by atoms with Crippen molar-refractivity contribution in [1.29, 1.82) is 0 Å². The van der Waals surface area contributed by atoms with E-state index in [-0.39, 0.29) is 19.1 Å². The predicted octanol–water partition coefficient (Wildman–Crippen LogP) is 3.57. The van der Waals surface area contributed by atoms with Crippen molar-refractivity contribution in [3.63, 3.8) is 0 Å². The smallest absolute Gasteiger partial charge is 0.341 e. The van der Waals surface area contributed by atoms with Gasteiger partial charge in [0.05, 0.1) is 32.9 Å². The first-order valence-electron chi connectivity index (χ1n) is 9.41. The molecular weight excluding hydrogens is 392 g/mol. The summed E-state index contributed by atoms with van der Waals surface area (Å²) in [5.74, 6) is 0.669. The molecule has 0 radical (unpaired) electrons. The number of hydrogen-bond acceptors (Lipinski definition) is 7. The Labute approximate surface area is 175 Å². The van der Waals surface area contributed by atoms with E-state index in [2.05, 4.69) is 5.32 Å². The van der Waals surface area contributed by atoms with E-state index in [0.29, 0.717) is 28.6 Å². The number of anilines is 1. The van der Waals surface area contributed by atoms with E-state index in [0.717, 1.165) is 16.9 Å². The van der Waals surface area contributed by atoms with Gasteiger partial charge in [0.2, 0.25) is 5.91 Å². The second-order valence-corrected chi connectivity index (χ2v) is 7.54. The topological polar surface area (TPSA) is 77.1 Å². The highest BCUT2D eigenvalue weighted by molar-refractivity contribution is 7.16. The Hall–Kier alpha value is -2.58. The lowest BCUT2D eigenvalue weighted by Crippen LogP contribution is -2.30. The lowest BCUT2D eigenvalue weighted by Gasteiger charge is -2.19. The first-order chi connectivity index (χ1) is 13.9. The number of carbonyl (C=O) groups is 2. The highest BCUT2D eigenvalue weighted by atomic mass is 32.1. The number of methoxy groups -OCH3 is 2. The van der Waals surface area contributed by atoms with Crippen LogP contribution in [0.5, 0.6) is 11.5 Å². The molecule has 1 N–H and O–H groups in total. The molecule has 8 heteroatoms. The van der Waals surface area contributed by atoms with Crippen LogP contribution in [0.3, 0.4) is 0 Å². The summed E-state index contributed by atoms with van der Waals surface area (Å²) in [7, 11) is 5.02. The first-order valence-corrected chi connectivity index (χ1v) is 10.2. The molecule has 0 atom stereocenters. The number of carbonyl (C=O) groups excluding carboxylic acids is 2. The maximum Gasteiger partial charge on any atom is 0.341 e. The molecule has 0 unspecified atom stereocenters. The van der Waals surface area contributed by atoms with Crippen LogP contribution >= 0.6 is 11.3 Å². The van der Waals surface area contributed by atoms with Gasteiger partial charge in [0, 0.05) is 17.0 Å². The molecule has 1 aromatic carbocycles. The van der Waals surface area contributed by atoms with Crippen LogP contribution in [0.25, 0.3) is 0 Å². The summed E-state index contributed by atoms with van der Waals surface area (Å²) in [6.07, 6.45) is 0.780. The van der Waals surface area contributed by atoms with E-state index >= 15 is 0 Å². The number of rotatable bonds is 10. The van der Waals surface area contributed by atoms with E-state index in [9.17, 15) is 9.59 Å². The maximum atomic E-state index is 12.6. The molecule has 0 aliphatic rings. The van der Waals surface area contributed by atoms with Crippen LogP contribution in [0.4, 0.5) is 5.00 Å². The average Bonchev–Trinajstić information content (AvgIpc) is 3.10. The molecule has 0 bridgehead atoms. The number of benzene rings is 1. The molecule has 7 nitrogen and oxygen atoms in total. The molecule has 1 aromatic heterocycles. The van der Waals surface area contributed by atoms with Crippen molar-refractivity contribution in [1.82, 2.24) is 4.90 Å². The summed E-state index contributed by atoms with van der Waals surface area (Å²) >= 11 is 1.40. The molecular formula is C21H28N2O5S. The molecule has 0 aliphatic heterocycles. The zero-order valence-corrected chi connectivity index (χ0v) is 18.4. The number of likely N-dealkylation sites (N-methyl/N-ethyl adjacent to an activating group) is 1. The molecule has 1 heterocycles. The first kappa shape index (κ1) is 22.7. The monoisotopic (exact) mass is 420 g/mol. The van der Waals surface area contributed by atoms with Crippen molar-refractivity contribution >= 4 is 28.2 Å². The highest BCUT2D eigenvalue weighted by Gasteiger charge is 2.20. The zero-order valence-electron chi connectivity index (χ0n) is 17.5. The number of hydrogen-bond donors (Lipinski definition) is 1. The third-order valence-corrected chi connectivity index (χ3v) is 5.41.